The van der Waals surface area contributed by atoms with Crippen LogP contribution in [0.5, 0.6) is 5.75 Å². The summed E-state index contributed by atoms with van der Waals surface area (Å²) >= 11 is 7.26. The summed E-state index contributed by atoms with van der Waals surface area (Å²) in [5.74, 6) is 0.886. The highest BCUT2D eigenvalue weighted by Crippen LogP contribution is 2.26. The minimum Gasteiger partial charge on any atom is -0.496 e. The van der Waals surface area contributed by atoms with Crippen LogP contribution in [0.15, 0.2) is 24.4 Å². The monoisotopic (exact) mass is 268 g/mol. The second-order valence-electron chi connectivity index (χ2n) is 3.57. The highest BCUT2D eigenvalue weighted by atomic mass is 35.5. The number of halogens is 1. The van der Waals surface area contributed by atoms with Crippen LogP contribution in [0, 0.1) is 6.92 Å². The van der Waals surface area contributed by atoms with Gasteiger partial charge in [0.05, 0.1) is 13.7 Å². The Bertz CT molecular complexity index is 513. The maximum absolute atomic E-state index is 5.78. The molecular weight excluding hydrogens is 256 g/mol. The average Bonchev–Trinajstić information content (AvgIpc) is 2.74. The molecule has 1 heterocycles. The Hall–Kier alpha value is -1.26. The summed E-state index contributed by atoms with van der Waals surface area (Å²) in [5, 5.41) is 3.35. The van der Waals surface area contributed by atoms with Gasteiger partial charge in [-0.15, -0.1) is 11.3 Å². The van der Waals surface area contributed by atoms with Crippen molar-refractivity contribution in [3.63, 3.8) is 0 Å². The van der Waals surface area contributed by atoms with Crippen LogP contribution in [0.25, 0.3) is 0 Å². The van der Waals surface area contributed by atoms with Crippen molar-refractivity contribution in [2.45, 2.75) is 13.5 Å². The molecule has 0 saturated heterocycles. The van der Waals surface area contributed by atoms with Gasteiger partial charge >= 0.3 is 0 Å². The highest BCUT2D eigenvalue weighted by molar-refractivity contribution is 7.15. The fourth-order valence-corrected chi connectivity index (χ4v) is 2.49. The van der Waals surface area contributed by atoms with E-state index in [1.807, 2.05) is 25.1 Å². The quantitative estimate of drug-likeness (QED) is 0.918. The lowest BCUT2D eigenvalue weighted by Crippen LogP contribution is -2.00. The molecule has 0 spiro atoms. The van der Waals surface area contributed by atoms with Gasteiger partial charge in [0.25, 0.3) is 0 Å². The molecule has 0 aliphatic carbocycles. The van der Waals surface area contributed by atoms with Crippen LogP contribution in [0.2, 0.25) is 4.47 Å². The van der Waals surface area contributed by atoms with Crippen molar-refractivity contribution in [2.75, 3.05) is 12.4 Å². The van der Waals surface area contributed by atoms with E-state index in [0.29, 0.717) is 4.47 Å². The maximum Gasteiger partial charge on any atom is 0.183 e. The first-order valence-electron chi connectivity index (χ1n) is 5.18. The highest BCUT2D eigenvalue weighted by Gasteiger charge is 2.04. The number of benzene rings is 1. The number of nitrogens with one attached hydrogen (secondary N) is 1. The van der Waals surface area contributed by atoms with E-state index in [2.05, 4.69) is 10.3 Å². The summed E-state index contributed by atoms with van der Waals surface area (Å²) in [4.78, 5) is 5.11. The van der Waals surface area contributed by atoms with Gasteiger partial charge in [-0.05, 0) is 19.1 Å². The van der Waals surface area contributed by atoms with Gasteiger partial charge in [0, 0.05) is 22.3 Å². The summed E-state index contributed by atoms with van der Waals surface area (Å²) in [6, 6.07) is 5.94. The minimum absolute atomic E-state index is 0.573. The molecule has 5 heteroatoms. The molecule has 2 rings (SSSR count). The first kappa shape index (κ1) is 12.2. The lowest BCUT2D eigenvalue weighted by atomic mass is 10.2. The Balaban J connectivity index is 2.09. The summed E-state index contributed by atoms with van der Waals surface area (Å²) in [6.07, 6.45) is 1.79. The fraction of sp³-hybridized carbons (Fsp3) is 0.250. The Labute approximate surface area is 109 Å². The third kappa shape index (κ3) is 2.90. The first-order valence-corrected chi connectivity index (χ1v) is 6.38. The normalized spacial score (nSPS) is 10.3. The lowest BCUT2D eigenvalue weighted by Gasteiger charge is -2.11. The zero-order chi connectivity index (χ0) is 12.3. The van der Waals surface area contributed by atoms with Gasteiger partial charge in [-0.1, -0.05) is 17.7 Å². The molecule has 17 heavy (non-hydrogen) atoms. The van der Waals surface area contributed by atoms with Crippen molar-refractivity contribution in [1.82, 2.24) is 4.98 Å². The van der Waals surface area contributed by atoms with Crippen molar-refractivity contribution >= 4 is 28.6 Å². The molecule has 3 nitrogen and oxygen atoms in total. The van der Waals surface area contributed by atoms with Gasteiger partial charge in [0.1, 0.15) is 5.75 Å². The molecule has 0 fully saturated rings. The average molecular weight is 269 g/mol. The van der Waals surface area contributed by atoms with Crippen LogP contribution >= 0.6 is 22.9 Å². The number of hydrogen-bond donors (Lipinski definition) is 1. The van der Waals surface area contributed by atoms with E-state index in [9.17, 15) is 0 Å². The third-order valence-electron chi connectivity index (χ3n) is 2.48. The standard InChI is InChI=1S/C12H13ClN2OS/c1-8-10(4-3-5-11(8)16-2)14-6-9-7-15-12(13)17-9/h3-5,7,14H,6H2,1-2H3. The molecule has 90 valence electrons. The van der Waals surface area contributed by atoms with Gasteiger partial charge in [-0.2, -0.15) is 0 Å². The molecule has 0 aliphatic heterocycles. The molecular formula is C12H13ClN2OS. The molecule has 0 unspecified atom stereocenters. The summed E-state index contributed by atoms with van der Waals surface area (Å²) in [5.41, 5.74) is 2.17. The number of methoxy groups -OCH3 is 1. The predicted octanol–water partition coefficient (Wildman–Crippen LogP) is 3.73. The zero-order valence-electron chi connectivity index (χ0n) is 9.66. The Morgan fingerprint density at radius 2 is 2.29 bits per heavy atom. The van der Waals surface area contributed by atoms with Crippen LogP contribution < -0.4 is 10.1 Å². The molecule has 0 amide bonds. The number of rotatable bonds is 4. The van der Waals surface area contributed by atoms with E-state index in [-0.39, 0.29) is 0 Å². The number of ether oxygens (including phenoxy) is 1. The van der Waals surface area contributed by atoms with Gasteiger partial charge in [0.15, 0.2) is 4.47 Å². The summed E-state index contributed by atoms with van der Waals surface area (Å²) < 4.78 is 5.84. The second kappa shape index (κ2) is 5.38. The van der Waals surface area contributed by atoms with E-state index in [0.717, 1.165) is 28.4 Å². The van der Waals surface area contributed by atoms with Gasteiger partial charge in [0.2, 0.25) is 0 Å². The number of anilines is 1. The topological polar surface area (TPSA) is 34.1 Å². The predicted molar refractivity (Wildman–Crippen MR) is 72.2 cm³/mol. The van der Waals surface area contributed by atoms with Gasteiger partial charge < -0.3 is 10.1 Å². The molecule has 0 bridgehead atoms. The number of hydrogen-bond acceptors (Lipinski definition) is 4. The molecule has 0 aliphatic rings. The third-order valence-corrected chi connectivity index (χ3v) is 3.60. The van der Waals surface area contributed by atoms with Gasteiger partial charge in [-0.25, -0.2) is 4.98 Å². The van der Waals surface area contributed by atoms with Crippen molar-refractivity contribution in [3.05, 3.63) is 39.3 Å². The van der Waals surface area contributed by atoms with Crippen molar-refractivity contribution < 1.29 is 4.74 Å². The Morgan fingerprint density at radius 3 is 2.94 bits per heavy atom. The van der Waals surface area contributed by atoms with E-state index in [1.54, 1.807) is 13.3 Å². The van der Waals surface area contributed by atoms with E-state index in [4.69, 9.17) is 16.3 Å². The molecule has 2 aromatic rings. The number of aromatic nitrogens is 1. The van der Waals surface area contributed by atoms with Crippen molar-refractivity contribution in [3.8, 4) is 5.75 Å². The van der Waals surface area contributed by atoms with Crippen molar-refractivity contribution in [1.29, 1.82) is 0 Å². The second-order valence-corrected chi connectivity index (χ2v) is 5.26. The lowest BCUT2D eigenvalue weighted by molar-refractivity contribution is 0.412. The van der Waals surface area contributed by atoms with Crippen LogP contribution in [-0.2, 0) is 6.54 Å². The Kier molecular flexibility index (Phi) is 3.86. The maximum atomic E-state index is 5.78. The van der Waals surface area contributed by atoms with E-state index >= 15 is 0 Å². The van der Waals surface area contributed by atoms with Crippen LogP contribution in [-0.4, -0.2) is 12.1 Å². The molecule has 0 atom stereocenters. The molecule has 0 radical (unpaired) electrons. The molecule has 1 aromatic heterocycles. The number of nitrogens with zero attached hydrogens (tertiary/aromatic N) is 1. The van der Waals surface area contributed by atoms with E-state index < -0.39 is 0 Å². The molecule has 1 N–H and O–H groups in total. The van der Waals surface area contributed by atoms with Crippen LogP contribution in [0.3, 0.4) is 0 Å². The van der Waals surface area contributed by atoms with Crippen molar-refractivity contribution in [2.24, 2.45) is 0 Å². The summed E-state index contributed by atoms with van der Waals surface area (Å²) in [7, 11) is 1.68. The Morgan fingerprint density at radius 1 is 1.47 bits per heavy atom. The number of thiazole rings is 1. The van der Waals surface area contributed by atoms with Crippen LogP contribution in [0.1, 0.15) is 10.4 Å². The van der Waals surface area contributed by atoms with Gasteiger partial charge in [-0.3, -0.25) is 0 Å². The smallest absolute Gasteiger partial charge is 0.183 e. The minimum atomic E-state index is 0.573. The largest absolute Gasteiger partial charge is 0.496 e. The summed E-state index contributed by atoms with van der Waals surface area (Å²) in [6.45, 7) is 2.75. The molecule has 1 aromatic carbocycles. The fourth-order valence-electron chi connectivity index (χ4n) is 1.57. The SMILES string of the molecule is COc1cccc(NCc2cnc(Cl)s2)c1C. The first-order chi connectivity index (χ1) is 8.20. The molecule has 0 saturated carbocycles. The van der Waals surface area contributed by atoms with E-state index in [1.165, 1.54) is 11.3 Å². The van der Waals surface area contributed by atoms with Crippen LogP contribution in [0.4, 0.5) is 5.69 Å². The zero-order valence-corrected chi connectivity index (χ0v) is 11.2.